The normalized spacial score (nSPS) is 11.2. The second kappa shape index (κ2) is 10.9. The average molecular weight is 403 g/mol. The topological polar surface area (TPSA) is 66.8 Å². The van der Waals surface area contributed by atoms with Gasteiger partial charge < -0.3 is 14.9 Å². The van der Waals surface area contributed by atoms with Gasteiger partial charge in [0.15, 0.2) is 0 Å². The molecule has 2 N–H and O–H groups in total. The first kappa shape index (κ1) is 23.8. The van der Waals surface area contributed by atoms with Gasteiger partial charge in [-0.15, -0.1) is 0 Å². The molecule has 154 valence electrons. The van der Waals surface area contributed by atoms with Crippen molar-refractivity contribution in [1.82, 2.24) is 0 Å². The van der Waals surface area contributed by atoms with E-state index in [0.29, 0.717) is 12.2 Å². The number of phenols is 1. The van der Waals surface area contributed by atoms with E-state index in [0.717, 1.165) is 24.0 Å². The first-order chi connectivity index (χ1) is 13.1. The summed E-state index contributed by atoms with van der Waals surface area (Å²) in [7, 11) is -0.446. The van der Waals surface area contributed by atoms with Crippen LogP contribution in [0, 0.1) is 13.8 Å². The van der Waals surface area contributed by atoms with E-state index in [9.17, 15) is 9.90 Å². The number of phenolic OH excluding ortho intramolecular Hbond substituents is 1. The number of carboxylic acids is 1. The first-order valence-electron chi connectivity index (χ1n) is 9.79. The highest BCUT2D eigenvalue weighted by atomic mass is 28.2. The van der Waals surface area contributed by atoms with E-state index in [2.05, 4.69) is 52.8 Å². The number of carboxylic acid groups (broad SMARTS) is 1. The van der Waals surface area contributed by atoms with Crippen molar-refractivity contribution in [3.63, 3.8) is 0 Å². The maximum absolute atomic E-state index is 9.99. The van der Waals surface area contributed by atoms with E-state index >= 15 is 0 Å². The molecule has 0 heterocycles. The average Bonchev–Trinajstić information content (AvgIpc) is 2.59. The molecule has 0 amide bonds. The molecule has 0 fully saturated rings. The Kier molecular flexibility index (Phi) is 9.26. The van der Waals surface area contributed by atoms with Gasteiger partial charge in [0.25, 0.3) is 0 Å². The van der Waals surface area contributed by atoms with Gasteiger partial charge in [-0.2, -0.15) is 0 Å². The summed E-state index contributed by atoms with van der Waals surface area (Å²) in [5, 5.41) is 19.4. The fourth-order valence-electron chi connectivity index (χ4n) is 2.78. The first-order valence-corrected chi connectivity index (χ1v) is 11.5. The molecule has 2 aromatic carbocycles. The zero-order valence-corrected chi connectivity index (χ0v) is 19.4. The van der Waals surface area contributed by atoms with Crippen LogP contribution in [0.4, 0.5) is 0 Å². The van der Waals surface area contributed by atoms with Crippen molar-refractivity contribution in [3.8, 4) is 11.5 Å². The van der Waals surface area contributed by atoms with Crippen molar-refractivity contribution in [2.24, 2.45) is 0 Å². The lowest BCUT2D eigenvalue weighted by molar-refractivity contribution is -0.137. The number of ether oxygens (including phenoxy) is 1. The third kappa shape index (κ3) is 7.77. The number of aliphatic carboxylic acids is 1. The number of aryl methyl sites for hydroxylation is 1. The molecule has 0 aliphatic carbocycles. The van der Waals surface area contributed by atoms with Crippen LogP contribution in [0.25, 0.3) is 0 Å². The molecule has 2 rings (SSSR count). The zero-order valence-electron chi connectivity index (χ0n) is 18.0. The van der Waals surface area contributed by atoms with Crippen molar-refractivity contribution in [3.05, 3.63) is 53.1 Å². The SMILES string of the molecule is CCCC(=O)O.Cc1cccc([SiH2]COc2ccc(O)c(C(C)(C)C)c2)c1C. The van der Waals surface area contributed by atoms with Crippen LogP contribution < -0.4 is 9.92 Å². The predicted molar refractivity (Wildman–Crippen MR) is 119 cm³/mol. The second-order valence-corrected chi connectivity index (χ2v) is 9.70. The van der Waals surface area contributed by atoms with E-state index < -0.39 is 15.5 Å². The highest BCUT2D eigenvalue weighted by molar-refractivity contribution is 6.54. The van der Waals surface area contributed by atoms with Crippen LogP contribution in [-0.4, -0.2) is 31.9 Å². The van der Waals surface area contributed by atoms with Crippen LogP contribution in [0.5, 0.6) is 11.5 Å². The fraction of sp³-hybridized carbons (Fsp3) is 0.435. The maximum Gasteiger partial charge on any atom is 0.303 e. The molecule has 0 saturated heterocycles. The molecule has 0 saturated carbocycles. The molecule has 5 heteroatoms. The van der Waals surface area contributed by atoms with Crippen molar-refractivity contribution in [2.45, 2.75) is 59.8 Å². The number of benzene rings is 2. The van der Waals surface area contributed by atoms with Crippen molar-refractivity contribution in [2.75, 3.05) is 6.23 Å². The molecule has 0 aromatic heterocycles. The Morgan fingerprint density at radius 1 is 1.14 bits per heavy atom. The van der Waals surface area contributed by atoms with E-state index in [1.807, 2.05) is 19.1 Å². The number of hydrogen-bond donors (Lipinski definition) is 2. The molecule has 2 aromatic rings. The molecule has 0 aliphatic heterocycles. The van der Waals surface area contributed by atoms with E-state index in [4.69, 9.17) is 9.84 Å². The standard InChI is InChI=1S/C19H26O2Si.C4H8O2/c1-13-7-6-8-18(14(13)2)22-12-21-15-9-10-17(20)16(11-15)19(3,4)5;1-2-3-4(5)6/h6-11,20H,12,22H2,1-5H3;2-3H2,1H3,(H,5,6). The van der Waals surface area contributed by atoms with Gasteiger partial charge in [0.05, 0.1) is 15.7 Å². The summed E-state index contributed by atoms with van der Waals surface area (Å²) in [6, 6.07) is 12.0. The van der Waals surface area contributed by atoms with Crippen LogP contribution in [-0.2, 0) is 10.2 Å². The Balaban J connectivity index is 0.000000568. The summed E-state index contributed by atoms with van der Waals surface area (Å²) in [5.41, 5.74) is 3.59. The molecular formula is C23H34O4Si. The molecule has 0 radical (unpaired) electrons. The van der Waals surface area contributed by atoms with Crippen molar-refractivity contribution >= 4 is 20.7 Å². The minimum Gasteiger partial charge on any atom is -0.508 e. The Hall–Kier alpha value is -2.27. The van der Waals surface area contributed by atoms with Crippen LogP contribution in [0.1, 0.15) is 57.2 Å². The summed E-state index contributed by atoms with van der Waals surface area (Å²) in [4.78, 5) is 9.60. The Morgan fingerprint density at radius 2 is 1.82 bits per heavy atom. The molecule has 28 heavy (non-hydrogen) atoms. The predicted octanol–water partition coefficient (Wildman–Crippen LogP) is 4.01. The number of rotatable bonds is 6. The summed E-state index contributed by atoms with van der Waals surface area (Å²) < 4.78 is 5.95. The van der Waals surface area contributed by atoms with Gasteiger partial charge in [-0.3, -0.25) is 4.79 Å². The van der Waals surface area contributed by atoms with Gasteiger partial charge in [-0.1, -0.05) is 51.1 Å². The molecule has 0 unspecified atom stereocenters. The van der Waals surface area contributed by atoms with Crippen LogP contribution in [0.15, 0.2) is 36.4 Å². The van der Waals surface area contributed by atoms with E-state index in [1.165, 1.54) is 16.3 Å². The lowest BCUT2D eigenvalue weighted by Crippen LogP contribution is -2.24. The fourth-order valence-corrected chi connectivity index (χ4v) is 4.30. The highest BCUT2D eigenvalue weighted by Gasteiger charge is 2.18. The minimum atomic E-state index is -0.711. The van der Waals surface area contributed by atoms with Gasteiger partial charge in [0, 0.05) is 12.0 Å². The molecule has 0 spiro atoms. The summed E-state index contributed by atoms with van der Waals surface area (Å²) in [6.45, 7) is 12.5. The third-order valence-electron chi connectivity index (χ3n) is 4.60. The van der Waals surface area contributed by atoms with Crippen LogP contribution in [0.2, 0.25) is 0 Å². The van der Waals surface area contributed by atoms with E-state index in [1.54, 1.807) is 6.07 Å². The monoisotopic (exact) mass is 402 g/mol. The van der Waals surface area contributed by atoms with Crippen molar-refractivity contribution < 1.29 is 19.7 Å². The van der Waals surface area contributed by atoms with Crippen LogP contribution in [0.3, 0.4) is 0 Å². The molecule has 0 atom stereocenters. The van der Waals surface area contributed by atoms with Gasteiger partial charge >= 0.3 is 5.97 Å². The largest absolute Gasteiger partial charge is 0.508 e. The second-order valence-electron chi connectivity index (χ2n) is 8.03. The molecule has 4 nitrogen and oxygen atoms in total. The third-order valence-corrected chi connectivity index (χ3v) is 6.31. The van der Waals surface area contributed by atoms with Crippen LogP contribution >= 0.6 is 0 Å². The van der Waals surface area contributed by atoms with Gasteiger partial charge in [-0.25, -0.2) is 0 Å². The van der Waals surface area contributed by atoms with Gasteiger partial charge in [0.2, 0.25) is 0 Å². The number of carbonyl (C=O) groups is 1. The number of aromatic hydroxyl groups is 1. The van der Waals surface area contributed by atoms with Gasteiger partial charge in [0.1, 0.15) is 11.5 Å². The van der Waals surface area contributed by atoms with E-state index in [-0.39, 0.29) is 5.41 Å². The smallest absolute Gasteiger partial charge is 0.303 e. The van der Waals surface area contributed by atoms with Gasteiger partial charge in [-0.05, 0) is 55.0 Å². The Bertz CT molecular complexity index is 779. The zero-order chi connectivity index (χ0) is 21.3. The highest BCUT2D eigenvalue weighted by Crippen LogP contribution is 2.33. The maximum atomic E-state index is 9.99. The molecular weight excluding hydrogens is 368 g/mol. The lowest BCUT2D eigenvalue weighted by Gasteiger charge is -2.21. The summed E-state index contributed by atoms with van der Waals surface area (Å²) >= 11 is 0. The summed E-state index contributed by atoms with van der Waals surface area (Å²) in [5.74, 6) is 0.477. The molecule has 0 bridgehead atoms. The Morgan fingerprint density at radius 3 is 2.36 bits per heavy atom. The summed E-state index contributed by atoms with van der Waals surface area (Å²) in [6.07, 6.45) is 1.80. The molecule has 0 aliphatic rings. The lowest BCUT2D eigenvalue weighted by atomic mass is 9.86. The Labute approximate surface area is 171 Å². The number of hydrogen-bond acceptors (Lipinski definition) is 3. The van der Waals surface area contributed by atoms with Crippen molar-refractivity contribution in [1.29, 1.82) is 0 Å². The quantitative estimate of drug-likeness (QED) is 0.717. The minimum absolute atomic E-state index is 0.0893.